The third-order valence-corrected chi connectivity index (χ3v) is 6.97. The minimum atomic E-state index is -0.704. The van der Waals surface area contributed by atoms with Crippen molar-refractivity contribution in [2.45, 2.75) is 96.8 Å². The average Bonchev–Trinajstić information content (AvgIpc) is 2.78. The van der Waals surface area contributed by atoms with Gasteiger partial charge in [0.25, 0.3) is 0 Å². The molecule has 0 unspecified atom stereocenters. The van der Waals surface area contributed by atoms with Crippen LogP contribution in [0.2, 0.25) is 0 Å². The van der Waals surface area contributed by atoms with Crippen LogP contribution in [-0.2, 0) is 6.42 Å². The molecule has 0 atom stereocenters. The SMILES string of the molecule is CCCCCc1ccc(-c2ccc([C@H]3CC[C@H](CCCCC)CC3)cc2)c(F)c1F. The molecule has 1 aliphatic rings. The average molecular weight is 413 g/mol. The standard InChI is InChI=1S/C28H38F2/c1-3-5-7-9-21-11-13-22(14-12-21)23-15-17-24(18-16-23)26-20-19-25(10-8-6-4-2)27(29)28(26)30/h15-22H,3-14H2,1-2H3/t21-,22-. The number of hydrogen-bond acceptors (Lipinski definition) is 0. The van der Waals surface area contributed by atoms with E-state index in [4.69, 9.17) is 0 Å². The maximum absolute atomic E-state index is 14.7. The van der Waals surface area contributed by atoms with E-state index < -0.39 is 11.6 Å². The lowest BCUT2D eigenvalue weighted by molar-refractivity contribution is 0.303. The first kappa shape index (κ1) is 23.0. The number of halogens is 2. The number of benzene rings is 2. The largest absolute Gasteiger partial charge is 0.203 e. The number of rotatable bonds is 10. The van der Waals surface area contributed by atoms with Crippen molar-refractivity contribution in [3.8, 4) is 11.1 Å². The summed E-state index contributed by atoms with van der Waals surface area (Å²) >= 11 is 0. The highest BCUT2D eigenvalue weighted by Gasteiger charge is 2.22. The number of aryl methyl sites for hydroxylation is 1. The Balaban J connectivity index is 1.61. The Hall–Kier alpha value is -1.70. The fourth-order valence-electron chi connectivity index (χ4n) is 4.97. The highest BCUT2D eigenvalue weighted by atomic mass is 19.2. The Morgan fingerprint density at radius 1 is 0.733 bits per heavy atom. The second kappa shape index (κ2) is 11.6. The van der Waals surface area contributed by atoms with Crippen LogP contribution in [0.1, 0.15) is 102 Å². The first-order valence-corrected chi connectivity index (χ1v) is 12.2. The van der Waals surface area contributed by atoms with Crippen molar-refractivity contribution in [1.29, 1.82) is 0 Å². The summed E-state index contributed by atoms with van der Waals surface area (Å²) in [6.07, 6.45) is 14.2. The molecule has 0 aromatic heterocycles. The van der Waals surface area contributed by atoms with Crippen molar-refractivity contribution >= 4 is 0 Å². The van der Waals surface area contributed by atoms with Gasteiger partial charge in [0.2, 0.25) is 0 Å². The van der Waals surface area contributed by atoms with E-state index >= 15 is 0 Å². The van der Waals surface area contributed by atoms with Crippen LogP contribution < -0.4 is 0 Å². The van der Waals surface area contributed by atoms with Crippen LogP contribution in [-0.4, -0.2) is 0 Å². The third kappa shape index (κ3) is 5.93. The monoisotopic (exact) mass is 412 g/mol. The first-order valence-electron chi connectivity index (χ1n) is 12.2. The Kier molecular flexibility index (Phi) is 8.90. The smallest absolute Gasteiger partial charge is 0.166 e. The molecule has 0 bridgehead atoms. The molecular formula is C28H38F2. The van der Waals surface area contributed by atoms with Crippen molar-refractivity contribution in [2.75, 3.05) is 0 Å². The highest BCUT2D eigenvalue weighted by molar-refractivity contribution is 5.65. The van der Waals surface area contributed by atoms with E-state index in [9.17, 15) is 8.78 Å². The summed E-state index contributed by atoms with van der Waals surface area (Å²) in [7, 11) is 0. The van der Waals surface area contributed by atoms with E-state index in [1.54, 1.807) is 12.1 Å². The molecule has 0 N–H and O–H groups in total. The van der Waals surface area contributed by atoms with Gasteiger partial charge in [-0.05, 0) is 67.1 Å². The molecule has 0 radical (unpaired) electrons. The van der Waals surface area contributed by atoms with Crippen molar-refractivity contribution in [2.24, 2.45) is 5.92 Å². The van der Waals surface area contributed by atoms with E-state index in [1.165, 1.54) is 56.9 Å². The van der Waals surface area contributed by atoms with Gasteiger partial charge in [-0.2, -0.15) is 0 Å². The van der Waals surface area contributed by atoms with Crippen LogP contribution in [0.4, 0.5) is 8.78 Å². The van der Waals surface area contributed by atoms with Crippen molar-refractivity contribution in [3.05, 3.63) is 59.2 Å². The molecule has 2 aromatic rings. The van der Waals surface area contributed by atoms with E-state index in [1.807, 2.05) is 12.1 Å². The molecule has 2 aromatic carbocycles. The zero-order chi connectivity index (χ0) is 21.3. The van der Waals surface area contributed by atoms with Crippen LogP contribution in [0, 0.1) is 17.6 Å². The Morgan fingerprint density at radius 3 is 2.07 bits per heavy atom. The van der Waals surface area contributed by atoms with E-state index in [2.05, 4.69) is 26.0 Å². The molecule has 164 valence electrons. The summed E-state index contributed by atoms with van der Waals surface area (Å²) < 4.78 is 29.2. The van der Waals surface area contributed by atoms with Gasteiger partial charge in [-0.1, -0.05) is 88.8 Å². The molecule has 0 nitrogen and oxygen atoms in total. The second-order valence-electron chi connectivity index (χ2n) is 9.19. The topological polar surface area (TPSA) is 0 Å². The molecule has 30 heavy (non-hydrogen) atoms. The highest BCUT2D eigenvalue weighted by Crippen LogP contribution is 2.38. The van der Waals surface area contributed by atoms with Gasteiger partial charge in [0.15, 0.2) is 11.6 Å². The lowest BCUT2D eigenvalue weighted by Gasteiger charge is -2.29. The van der Waals surface area contributed by atoms with Gasteiger partial charge in [0.1, 0.15) is 0 Å². The van der Waals surface area contributed by atoms with Gasteiger partial charge in [0, 0.05) is 5.56 Å². The van der Waals surface area contributed by atoms with E-state index in [0.717, 1.165) is 30.7 Å². The molecule has 0 heterocycles. The molecule has 0 amide bonds. The lowest BCUT2D eigenvalue weighted by atomic mass is 9.77. The molecule has 0 spiro atoms. The number of hydrogen-bond donors (Lipinski definition) is 0. The summed E-state index contributed by atoms with van der Waals surface area (Å²) in [6.45, 7) is 4.38. The lowest BCUT2D eigenvalue weighted by Crippen LogP contribution is -2.13. The summed E-state index contributed by atoms with van der Waals surface area (Å²) in [4.78, 5) is 0. The molecule has 1 fully saturated rings. The zero-order valence-corrected chi connectivity index (χ0v) is 18.9. The van der Waals surface area contributed by atoms with Crippen molar-refractivity contribution in [3.63, 3.8) is 0 Å². The van der Waals surface area contributed by atoms with Gasteiger partial charge < -0.3 is 0 Å². The fourth-order valence-corrected chi connectivity index (χ4v) is 4.97. The number of unbranched alkanes of at least 4 members (excludes halogenated alkanes) is 4. The first-order chi connectivity index (χ1) is 14.6. The van der Waals surface area contributed by atoms with Crippen LogP contribution in [0.15, 0.2) is 36.4 Å². The van der Waals surface area contributed by atoms with E-state index in [0.29, 0.717) is 23.5 Å². The van der Waals surface area contributed by atoms with Crippen molar-refractivity contribution in [1.82, 2.24) is 0 Å². The molecular weight excluding hydrogens is 374 g/mol. The molecule has 1 aliphatic carbocycles. The predicted molar refractivity (Wildman–Crippen MR) is 124 cm³/mol. The normalized spacial score (nSPS) is 19.2. The Labute approximate surface area is 182 Å². The van der Waals surface area contributed by atoms with Gasteiger partial charge in [0.05, 0.1) is 0 Å². The third-order valence-electron chi connectivity index (χ3n) is 6.97. The molecule has 2 heteroatoms. The second-order valence-corrected chi connectivity index (χ2v) is 9.19. The van der Waals surface area contributed by atoms with Gasteiger partial charge >= 0.3 is 0 Å². The maximum Gasteiger partial charge on any atom is 0.166 e. The molecule has 0 aliphatic heterocycles. The summed E-state index contributed by atoms with van der Waals surface area (Å²) in [5.41, 5.74) is 2.99. The van der Waals surface area contributed by atoms with Crippen LogP contribution in [0.3, 0.4) is 0 Å². The minimum absolute atomic E-state index is 0.373. The van der Waals surface area contributed by atoms with Crippen molar-refractivity contribution < 1.29 is 8.78 Å². The van der Waals surface area contributed by atoms with Crippen LogP contribution in [0.5, 0.6) is 0 Å². The van der Waals surface area contributed by atoms with Gasteiger partial charge in [-0.15, -0.1) is 0 Å². The summed E-state index contributed by atoms with van der Waals surface area (Å²) in [6, 6.07) is 11.7. The summed E-state index contributed by atoms with van der Waals surface area (Å²) in [5, 5.41) is 0. The zero-order valence-electron chi connectivity index (χ0n) is 18.9. The minimum Gasteiger partial charge on any atom is -0.203 e. The molecule has 3 rings (SSSR count). The van der Waals surface area contributed by atoms with E-state index in [-0.39, 0.29) is 0 Å². The van der Waals surface area contributed by atoms with Crippen LogP contribution in [0.25, 0.3) is 11.1 Å². The Morgan fingerprint density at radius 2 is 1.40 bits per heavy atom. The van der Waals surface area contributed by atoms with Crippen LogP contribution >= 0.6 is 0 Å². The van der Waals surface area contributed by atoms with Gasteiger partial charge in [-0.25, -0.2) is 8.78 Å². The summed E-state index contributed by atoms with van der Waals surface area (Å²) in [5.74, 6) is 0.141. The van der Waals surface area contributed by atoms with Gasteiger partial charge in [-0.3, -0.25) is 0 Å². The maximum atomic E-state index is 14.7. The predicted octanol–water partition coefficient (Wildman–Crippen LogP) is 9.22. The fraction of sp³-hybridized carbons (Fsp3) is 0.571. The quantitative estimate of drug-likeness (QED) is 0.341. The molecule has 1 saturated carbocycles. The Bertz CT molecular complexity index is 770. The molecule has 0 saturated heterocycles.